The largest absolute Gasteiger partial charge is 0.324 e. The number of anilines is 2. The van der Waals surface area contributed by atoms with Gasteiger partial charge in [0.15, 0.2) is 5.82 Å². The standard InChI is InChI=1S/C13H10N4O/c14-9-10-5-4-8-15-12(10)17-13(18)16-11-6-2-1-3-7-11/h1-8H,(H2,15,16,17,18). The molecule has 1 aromatic carbocycles. The van der Waals surface area contributed by atoms with Gasteiger partial charge < -0.3 is 5.32 Å². The quantitative estimate of drug-likeness (QED) is 0.844. The first-order valence-electron chi connectivity index (χ1n) is 5.28. The Balaban J connectivity index is 2.06. The van der Waals surface area contributed by atoms with Crippen molar-refractivity contribution in [1.82, 2.24) is 4.98 Å². The summed E-state index contributed by atoms with van der Waals surface area (Å²) in [4.78, 5) is 15.6. The molecule has 0 saturated carbocycles. The van der Waals surface area contributed by atoms with Crippen LogP contribution in [-0.2, 0) is 0 Å². The Kier molecular flexibility index (Phi) is 3.52. The molecule has 1 heterocycles. The van der Waals surface area contributed by atoms with Gasteiger partial charge in [0.25, 0.3) is 0 Å². The van der Waals surface area contributed by atoms with Crippen LogP contribution < -0.4 is 10.6 Å². The van der Waals surface area contributed by atoms with Crippen molar-refractivity contribution in [3.8, 4) is 6.07 Å². The fourth-order valence-electron chi connectivity index (χ4n) is 1.39. The van der Waals surface area contributed by atoms with E-state index in [4.69, 9.17) is 5.26 Å². The van der Waals surface area contributed by atoms with Crippen LogP contribution in [0.4, 0.5) is 16.3 Å². The molecule has 0 aliphatic carbocycles. The molecule has 0 fully saturated rings. The third-order valence-electron chi connectivity index (χ3n) is 2.19. The van der Waals surface area contributed by atoms with E-state index in [1.807, 2.05) is 24.3 Å². The topological polar surface area (TPSA) is 77.8 Å². The predicted molar refractivity (Wildman–Crippen MR) is 68.0 cm³/mol. The second-order valence-corrected chi connectivity index (χ2v) is 3.46. The van der Waals surface area contributed by atoms with E-state index in [2.05, 4.69) is 15.6 Å². The zero-order valence-corrected chi connectivity index (χ0v) is 9.42. The predicted octanol–water partition coefficient (Wildman–Crippen LogP) is 2.60. The Hall–Kier alpha value is -2.87. The van der Waals surface area contributed by atoms with Gasteiger partial charge in [0.1, 0.15) is 6.07 Å². The number of hydrogen-bond donors (Lipinski definition) is 2. The second-order valence-electron chi connectivity index (χ2n) is 3.46. The molecule has 0 aliphatic rings. The van der Waals surface area contributed by atoms with Gasteiger partial charge in [0, 0.05) is 11.9 Å². The number of urea groups is 1. The van der Waals surface area contributed by atoms with Gasteiger partial charge in [-0.1, -0.05) is 18.2 Å². The van der Waals surface area contributed by atoms with Crippen molar-refractivity contribution in [2.75, 3.05) is 10.6 Å². The van der Waals surface area contributed by atoms with Gasteiger partial charge in [-0.25, -0.2) is 9.78 Å². The molecule has 2 amide bonds. The van der Waals surface area contributed by atoms with Crippen LogP contribution in [0.15, 0.2) is 48.7 Å². The van der Waals surface area contributed by atoms with Crippen molar-refractivity contribution in [1.29, 1.82) is 5.26 Å². The highest BCUT2D eigenvalue weighted by atomic mass is 16.2. The summed E-state index contributed by atoms with van der Waals surface area (Å²) in [6, 6.07) is 13.8. The van der Waals surface area contributed by atoms with Gasteiger partial charge in [0.05, 0.1) is 5.56 Å². The van der Waals surface area contributed by atoms with Crippen molar-refractivity contribution < 1.29 is 4.79 Å². The van der Waals surface area contributed by atoms with Gasteiger partial charge in [0.2, 0.25) is 0 Å². The number of para-hydroxylation sites is 1. The Morgan fingerprint density at radius 1 is 1.11 bits per heavy atom. The van der Waals surface area contributed by atoms with Crippen molar-refractivity contribution in [3.63, 3.8) is 0 Å². The third-order valence-corrected chi connectivity index (χ3v) is 2.19. The summed E-state index contributed by atoms with van der Waals surface area (Å²) in [5, 5.41) is 14.0. The molecule has 0 bridgehead atoms. The number of hydrogen-bond acceptors (Lipinski definition) is 3. The average Bonchev–Trinajstić information content (AvgIpc) is 2.40. The summed E-state index contributed by atoms with van der Waals surface area (Å²) < 4.78 is 0. The molecule has 0 spiro atoms. The van der Waals surface area contributed by atoms with E-state index < -0.39 is 6.03 Å². The van der Waals surface area contributed by atoms with Gasteiger partial charge in [-0.05, 0) is 24.3 Å². The van der Waals surface area contributed by atoms with Crippen LogP contribution in [0.3, 0.4) is 0 Å². The number of benzene rings is 1. The number of aromatic nitrogens is 1. The van der Waals surface area contributed by atoms with E-state index in [1.54, 1.807) is 24.3 Å². The molecule has 0 radical (unpaired) electrons. The maximum absolute atomic E-state index is 11.7. The summed E-state index contributed by atoms with van der Waals surface area (Å²) in [6.07, 6.45) is 1.51. The number of nitriles is 1. The molecular formula is C13H10N4O. The highest BCUT2D eigenvalue weighted by Crippen LogP contribution is 2.11. The third kappa shape index (κ3) is 2.83. The molecule has 5 heteroatoms. The molecule has 18 heavy (non-hydrogen) atoms. The van der Waals surface area contributed by atoms with Crippen molar-refractivity contribution in [3.05, 3.63) is 54.2 Å². The monoisotopic (exact) mass is 238 g/mol. The van der Waals surface area contributed by atoms with Crippen LogP contribution in [0.2, 0.25) is 0 Å². The van der Waals surface area contributed by atoms with E-state index in [0.717, 1.165) is 0 Å². The first kappa shape index (κ1) is 11.6. The van der Waals surface area contributed by atoms with Crippen LogP contribution in [0.5, 0.6) is 0 Å². The number of pyridine rings is 1. The lowest BCUT2D eigenvalue weighted by Crippen LogP contribution is -2.20. The zero-order chi connectivity index (χ0) is 12.8. The van der Waals surface area contributed by atoms with E-state index in [0.29, 0.717) is 11.3 Å². The smallest absolute Gasteiger partial charge is 0.308 e. The Labute approximate surface area is 104 Å². The lowest BCUT2D eigenvalue weighted by Gasteiger charge is -2.07. The Bertz CT molecular complexity index is 589. The molecule has 88 valence electrons. The van der Waals surface area contributed by atoms with E-state index in [9.17, 15) is 4.79 Å². The van der Waals surface area contributed by atoms with Crippen LogP contribution in [0.1, 0.15) is 5.56 Å². The average molecular weight is 238 g/mol. The van der Waals surface area contributed by atoms with Crippen LogP contribution in [-0.4, -0.2) is 11.0 Å². The molecule has 0 atom stereocenters. The normalized spacial score (nSPS) is 9.28. The van der Waals surface area contributed by atoms with E-state index in [-0.39, 0.29) is 5.82 Å². The van der Waals surface area contributed by atoms with E-state index >= 15 is 0 Å². The number of nitrogens with zero attached hydrogens (tertiary/aromatic N) is 2. The molecule has 2 N–H and O–H groups in total. The highest BCUT2D eigenvalue weighted by Gasteiger charge is 2.07. The van der Waals surface area contributed by atoms with Crippen LogP contribution in [0, 0.1) is 11.3 Å². The lowest BCUT2D eigenvalue weighted by atomic mass is 10.3. The molecule has 1 aromatic heterocycles. The molecular weight excluding hydrogens is 228 g/mol. The number of carbonyl (C=O) groups is 1. The molecule has 2 aromatic rings. The number of amides is 2. The summed E-state index contributed by atoms with van der Waals surface area (Å²) >= 11 is 0. The van der Waals surface area contributed by atoms with E-state index in [1.165, 1.54) is 6.20 Å². The maximum Gasteiger partial charge on any atom is 0.324 e. The zero-order valence-electron chi connectivity index (χ0n) is 9.42. The Morgan fingerprint density at radius 2 is 1.89 bits per heavy atom. The first-order chi connectivity index (χ1) is 8.79. The molecule has 0 saturated heterocycles. The first-order valence-corrected chi connectivity index (χ1v) is 5.28. The summed E-state index contributed by atoms with van der Waals surface area (Å²) in [6.45, 7) is 0. The summed E-state index contributed by atoms with van der Waals surface area (Å²) in [7, 11) is 0. The van der Waals surface area contributed by atoms with Gasteiger partial charge in [-0.15, -0.1) is 0 Å². The van der Waals surface area contributed by atoms with Gasteiger partial charge in [-0.2, -0.15) is 5.26 Å². The summed E-state index contributed by atoms with van der Waals surface area (Å²) in [5.74, 6) is 0.244. The van der Waals surface area contributed by atoms with Crippen molar-refractivity contribution in [2.24, 2.45) is 0 Å². The minimum atomic E-state index is -0.434. The maximum atomic E-state index is 11.7. The minimum Gasteiger partial charge on any atom is -0.308 e. The van der Waals surface area contributed by atoms with Crippen LogP contribution >= 0.6 is 0 Å². The Morgan fingerprint density at radius 3 is 2.61 bits per heavy atom. The van der Waals surface area contributed by atoms with Crippen LogP contribution in [0.25, 0.3) is 0 Å². The summed E-state index contributed by atoms with van der Waals surface area (Å²) in [5.41, 5.74) is 0.991. The molecule has 0 unspecified atom stereocenters. The number of rotatable bonds is 2. The second kappa shape index (κ2) is 5.46. The molecule has 5 nitrogen and oxygen atoms in total. The lowest BCUT2D eigenvalue weighted by molar-refractivity contribution is 0.262. The SMILES string of the molecule is N#Cc1cccnc1NC(=O)Nc1ccccc1. The highest BCUT2D eigenvalue weighted by molar-refractivity contribution is 5.99. The molecule has 0 aliphatic heterocycles. The van der Waals surface area contributed by atoms with Crippen molar-refractivity contribution in [2.45, 2.75) is 0 Å². The van der Waals surface area contributed by atoms with Gasteiger partial charge in [-0.3, -0.25) is 5.32 Å². The number of nitrogens with one attached hydrogen (secondary N) is 2. The fourth-order valence-corrected chi connectivity index (χ4v) is 1.39. The fraction of sp³-hybridized carbons (Fsp3) is 0. The number of carbonyl (C=O) groups excluding carboxylic acids is 1. The minimum absolute atomic E-state index is 0.244. The van der Waals surface area contributed by atoms with Gasteiger partial charge >= 0.3 is 6.03 Å². The van der Waals surface area contributed by atoms with Crippen molar-refractivity contribution >= 4 is 17.5 Å². The molecule has 2 rings (SSSR count).